The van der Waals surface area contributed by atoms with E-state index in [1.54, 1.807) is 0 Å². The summed E-state index contributed by atoms with van der Waals surface area (Å²) < 4.78 is 16.8. The fraction of sp³-hybridized carbons (Fsp3) is 0.945. The van der Waals surface area contributed by atoms with E-state index >= 15 is 0 Å². The highest BCUT2D eigenvalue weighted by atomic mass is 16.6. The zero-order valence-corrected chi connectivity index (χ0v) is 42.0. The Kier molecular flexibility index (Phi) is 45.2. The summed E-state index contributed by atoms with van der Waals surface area (Å²) in [5, 5.41) is 0. The molecule has 0 fully saturated rings. The van der Waals surface area contributed by atoms with Crippen molar-refractivity contribution in [3.63, 3.8) is 0 Å². The van der Waals surface area contributed by atoms with Gasteiger partial charge in [0.1, 0.15) is 13.2 Å². The lowest BCUT2D eigenvalue weighted by atomic mass is 10.0. The molecule has 6 nitrogen and oxygen atoms in total. The van der Waals surface area contributed by atoms with Crippen molar-refractivity contribution in [2.24, 2.45) is 17.8 Å². The molecule has 0 amide bonds. The number of carbonyl (C=O) groups excluding carboxylic acids is 3. The van der Waals surface area contributed by atoms with E-state index in [4.69, 9.17) is 14.2 Å². The van der Waals surface area contributed by atoms with Crippen LogP contribution < -0.4 is 0 Å². The lowest BCUT2D eigenvalue weighted by Crippen LogP contribution is -2.30. The average molecular weight is 863 g/mol. The van der Waals surface area contributed by atoms with Gasteiger partial charge in [-0.3, -0.25) is 14.4 Å². The van der Waals surface area contributed by atoms with Gasteiger partial charge in [-0.05, 0) is 37.0 Å². The monoisotopic (exact) mass is 863 g/mol. The van der Waals surface area contributed by atoms with Gasteiger partial charge in [-0.2, -0.15) is 0 Å². The molecule has 61 heavy (non-hydrogen) atoms. The van der Waals surface area contributed by atoms with E-state index in [2.05, 4.69) is 41.5 Å². The fourth-order valence-electron chi connectivity index (χ4n) is 8.29. The van der Waals surface area contributed by atoms with E-state index in [0.29, 0.717) is 19.3 Å². The molecule has 0 aromatic rings. The van der Waals surface area contributed by atoms with Crippen LogP contribution >= 0.6 is 0 Å². The van der Waals surface area contributed by atoms with Gasteiger partial charge in [-0.1, -0.05) is 260 Å². The summed E-state index contributed by atoms with van der Waals surface area (Å²) in [5.74, 6) is 1.62. The molecule has 0 spiro atoms. The van der Waals surface area contributed by atoms with Gasteiger partial charge in [-0.15, -0.1) is 0 Å². The van der Waals surface area contributed by atoms with E-state index in [1.165, 1.54) is 180 Å². The van der Waals surface area contributed by atoms with E-state index < -0.39 is 6.10 Å². The molecule has 0 bridgehead atoms. The van der Waals surface area contributed by atoms with Gasteiger partial charge in [0.2, 0.25) is 0 Å². The molecule has 0 saturated carbocycles. The molecule has 1 atom stereocenters. The first-order chi connectivity index (χ1) is 29.6. The van der Waals surface area contributed by atoms with Crippen LogP contribution in [0.25, 0.3) is 0 Å². The van der Waals surface area contributed by atoms with Crippen LogP contribution in [0.5, 0.6) is 0 Å². The number of hydrogen-bond donors (Lipinski definition) is 0. The summed E-state index contributed by atoms with van der Waals surface area (Å²) >= 11 is 0. The molecule has 0 unspecified atom stereocenters. The molecule has 0 rings (SSSR count). The van der Waals surface area contributed by atoms with Crippen molar-refractivity contribution in [2.75, 3.05) is 13.2 Å². The molecule has 0 N–H and O–H groups in total. The predicted octanol–water partition coefficient (Wildman–Crippen LogP) is 17.6. The third-order valence-electron chi connectivity index (χ3n) is 12.4. The summed E-state index contributed by atoms with van der Waals surface area (Å²) in [6, 6.07) is 0. The van der Waals surface area contributed by atoms with Gasteiger partial charge in [0.05, 0.1) is 0 Å². The number of esters is 3. The maximum atomic E-state index is 12.8. The van der Waals surface area contributed by atoms with Gasteiger partial charge in [0.25, 0.3) is 0 Å². The standard InChI is InChI=1S/C55H106O6/c1-49(2)41-35-29-23-17-12-10-8-7-9-11-13-20-26-32-38-44-53(56)59-47-52(48-60-54(57)45-39-33-27-22-16-19-25-31-37-43-51(5)6)61-55(58)46-40-34-28-21-15-14-18-24-30-36-42-50(3)4/h49-52H,7-48H2,1-6H3/t52-/m0/s1. The minimum Gasteiger partial charge on any atom is -0.462 e. The van der Waals surface area contributed by atoms with Gasteiger partial charge >= 0.3 is 17.9 Å². The van der Waals surface area contributed by atoms with Gasteiger partial charge in [0.15, 0.2) is 6.10 Å². The Morgan fingerprint density at radius 3 is 0.705 bits per heavy atom. The highest BCUT2D eigenvalue weighted by Gasteiger charge is 2.19. The Morgan fingerprint density at radius 2 is 0.475 bits per heavy atom. The van der Waals surface area contributed by atoms with Gasteiger partial charge in [-0.25, -0.2) is 0 Å². The van der Waals surface area contributed by atoms with Crippen LogP contribution in [0, 0.1) is 17.8 Å². The van der Waals surface area contributed by atoms with Crippen molar-refractivity contribution >= 4 is 17.9 Å². The second-order valence-corrected chi connectivity index (χ2v) is 20.3. The zero-order valence-electron chi connectivity index (χ0n) is 42.0. The quantitative estimate of drug-likeness (QED) is 0.0344. The van der Waals surface area contributed by atoms with Crippen molar-refractivity contribution < 1.29 is 28.6 Å². The molecule has 0 heterocycles. The maximum Gasteiger partial charge on any atom is 0.306 e. The van der Waals surface area contributed by atoms with Crippen LogP contribution in [-0.4, -0.2) is 37.2 Å². The number of rotatable bonds is 48. The predicted molar refractivity (Wildman–Crippen MR) is 261 cm³/mol. The Labute approximate surface area is 380 Å². The SMILES string of the molecule is CC(C)CCCCCCCCCCCCCCCCCC(=O)OC[C@@H](COC(=O)CCCCCCCCCCCC(C)C)OC(=O)CCCCCCCCCCCCC(C)C. The second kappa shape index (κ2) is 46.4. The van der Waals surface area contributed by atoms with Crippen molar-refractivity contribution in [3.8, 4) is 0 Å². The van der Waals surface area contributed by atoms with E-state index in [0.717, 1.165) is 75.5 Å². The minimum atomic E-state index is -0.763. The van der Waals surface area contributed by atoms with Crippen molar-refractivity contribution in [1.82, 2.24) is 0 Å². The molecular weight excluding hydrogens is 757 g/mol. The van der Waals surface area contributed by atoms with E-state index in [9.17, 15) is 14.4 Å². The average Bonchev–Trinajstić information content (AvgIpc) is 3.22. The number of carbonyl (C=O) groups is 3. The number of hydrogen-bond acceptors (Lipinski definition) is 6. The molecule has 362 valence electrons. The van der Waals surface area contributed by atoms with Crippen LogP contribution in [0.1, 0.15) is 298 Å². The summed E-state index contributed by atoms with van der Waals surface area (Å²) in [6.45, 7) is 13.7. The Hall–Kier alpha value is -1.59. The Bertz CT molecular complexity index is 945. The van der Waals surface area contributed by atoms with Gasteiger partial charge in [0, 0.05) is 19.3 Å². The van der Waals surface area contributed by atoms with E-state index in [1.807, 2.05) is 0 Å². The highest BCUT2D eigenvalue weighted by Crippen LogP contribution is 2.18. The maximum absolute atomic E-state index is 12.8. The summed E-state index contributed by atoms with van der Waals surface area (Å²) in [7, 11) is 0. The lowest BCUT2D eigenvalue weighted by molar-refractivity contribution is -0.167. The number of ether oxygens (including phenoxy) is 3. The van der Waals surface area contributed by atoms with Gasteiger partial charge < -0.3 is 14.2 Å². The molecular formula is C55H106O6. The minimum absolute atomic E-state index is 0.0644. The summed E-state index contributed by atoms with van der Waals surface area (Å²) in [5.41, 5.74) is 0. The highest BCUT2D eigenvalue weighted by molar-refractivity contribution is 5.71. The number of unbranched alkanes of at least 4 members (excludes halogenated alkanes) is 31. The second-order valence-electron chi connectivity index (χ2n) is 20.3. The Balaban J connectivity index is 4.28. The largest absolute Gasteiger partial charge is 0.462 e. The van der Waals surface area contributed by atoms with Crippen molar-refractivity contribution in [3.05, 3.63) is 0 Å². The fourth-order valence-corrected chi connectivity index (χ4v) is 8.29. The molecule has 0 aliphatic heterocycles. The van der Waals surface area contributed by atoms with E-state index in [-0.39, 0.29) is 31.1 Å². The smallest absolute Gasteiger partial charge is 0.306 e. The molecule has 0 aliphatic carbocycles. The third-order valence-corrected chi connectivity index (χ3v) is 12.4. The van der Waals surface area contributed by atoms with Crippen molar-refractivity contribution in [2.45, 2.75) is 304 Å². The molecule has 0 aliphatic rings. The molecule has 0 radical (unpaired) electrons. The third kappa shape index (κ3) is 49.3. The molecule has 0 aromatic carbocycles. The van der Waals surface area contributed by atoms with Crippen LogP contribution in [-0.2, 0) is 28.6 Å². The first-order valence-electron chi connectivity index (χ1n) is 27.1. The molecule has 6 heteroatoms. The van der Waals surface area contributed by atoms with Crippen LogP contribution in [0.15, 0.2) is 0 Å². The van der Waals surface area contributed by atoms with Crippen LogP contribution in [0.3, 0.4) is 0 Å². The zero-order chi connectivity index (χ0) is 44.9. The normalized spacial score (nSPS) is 12.1. The first-order valence-corrected chi connectivity index (χ1v) is 27.1. The van der Waals surface area contributed by atoms with Crippen LogP contribution in [0.4, 0.5) is 0 Å². The summed E-state index contributed by atoms with van der Waals surface area (Å²) in [4.78, 5) is 38.0. The topological polar surface area (TPSA) is 78.9 Å². The lowest BCUT2D eigenvalue weighted by Gasteiger charge is -2.18. The summed E-state index contributed by atoms with van der Waals surface area (Å²) in [6.07, 6.45) is 46.7. The first kappa shape index (κ1) is 59.4. The Morgan fingerprint density at radius 1 is 0.279 bits per heavy atom. The van der Waals surface area contributed by atoms with Crippen molar-refractivity contribution in [1.29, 1.82) is 0 Å². The molecule has 0 saturated heterocycles. The van der Waals surface area contributed by atoms with Crippen LogP contribution in [0.2, 0.25) is 0 Å². The molecule has 0 aromatic heterocycles.